The van der Waals surface area contributed by atoms with E-state index >= 15 is 0 Å². The molecule has 1 rings (SSSR count). The highest BCUT2D eigenvalue weighted by Crippen LogP contribution is 2.21. The Balaban J connectivity index is 2.34. The molecule has 0 aliphatic heterocycles. The minimum atomic E-state index is 0.301. The fraction of sp³-hybridized carbons (Fsp3) is 1.00. The van der Waals surface area contributed by atoms with Gasteiger partial charge < -0.3 is 15.7 Å². The summed E-state index contributed by atoms with van der Waals surface area (Å²) in [5.41, 5.74) is 5.97. The van der Waals surface area contributed by atoms with Crippen LogP contribution in [-0.4, -0.2) is 41.8 Å². The van der Waals surface area contributed by atoms with Crippen molar-refractivity contribution in [2.75, 3.05) is 19.7 Å². The highest BCUT2D eigenvalue weighted by atomic mass is 16.3. The van der Waals surface area contributed by atoms with E-state index in [4.69, 9.17) is 10.8 Å². The van der Waals surface area contributed by atoms with Gasteiger partial charge in [-0.25, -0.2) is 0 Å². The average molecular weight is 200 g/mol. The molecule has 0 heterocycles. The van der Waals surface area contributed by atoms with E-state index in [0.717, 1.165) is 25.9 Å². The van der Waals surface area contributed by atoms with Gasteiger partial charge in [0.25, 0.3) is 0 Å². The first-order valence-electron chi connectivity index (χ1n) is 5.88. The van der Waals surface area contributed by atoms with Crippen molar-refractivity contribution in [1.82, 2.24) is 4.90 Å². The summed E-state index contributed by atoms with van der Waals surface area (Å²) >= 11 is 0. The van der Waals surface area contributed by atoms with Crippen LogP contribution >= 0.6 is 0 Å². The highest BCUT2D eigenvalue weighted by molar-refractivity contribution is 4.81. The van der Waals surface area contributed by atoms with Crippen molar-refractivity contribution in [2.45, 2.75) is 51.1 Å². The molecule has 14 heavy (non-hydrogen) atoms. The number of nitrogens with two attached hydrogens (primary N) is 1. The summed E-state index contributed by atoms with van der Waals surface area (Å²) < 4.78 is 0. The minimum absolute atomic E-state index is 0.301. The molecule has 0 aromatic carbocycles. The van der Waals surface area contributed by atoms with E-state index in [2.05, 4.69) is 11.8 Å². The van der Waals surface area contributed by atoms with Gasteiger partial charge in [-0.05, 0) is 32.2 Å². The molecule has 3 nitrogen and oxygen atoms in total. The molecule has 0 saturated heterocycles. The Kier molecular flexibility index (Phi) is 5.45. The van der Waals surface area contributed by atoms with Crippen molar-refractivity contribution in [1.29, 1.82) is 0 Å². The van der Waals surface area contributed by atoms with Gasteiger partial charge in [-0.2, -0.15) is 0 Å². The number of rotatable bonds is 5. The molecule has 0 aromatic heterocycles. The molecule has 0 radical (unpaired) electrons. The van der Waals surface area contributed by atoms with E-state index in [1.165, 1.54) is 19.3 Å². The molecule has 3 heteroatoms. The Morgan fingerprint density at radius 2 is 2.21 bits per heavy atom. The van der Waals surface area contributed by atoms with Crippen molar-refractivity contribution in [3.8, 4) is 0 Å². The molecule has 2 atom stereocenters. The maximum Gasteiger partial charge on any atom is 0.0443 e. The lowest BCUT2D eigenvalue weighted by atomic mass is 9.90. The number of hydrogen-bond acceptors (Lipinski definition) is 3. The lowest BCUT2D eigenvalue weighted by Crippen LogP contribution is -2.43. The smallest absolute Gasteiger partial charge is 0.0443 e. The van der Waals surface area contributed by atoms with Crippen LogP contribution in [0.15, 0.2) is 0 Å². The summed E-state index contributed by atoms with van der Waals surface area (Å²) in [5, 5.41) is 8.81. The van der Waals surface area contributed by atoms with Crippen molar-refractivity contribution < 1.29 is 5.11 Å². The summed E-state index contributed by atoms with van der Waals surface area (Å²) in [6.45, 7) is 4.59. The second-order valence-electron chi connectivity index (χ2n) is 4.29. The summed E-state index contributed by atoms with van der Waals surface area (Å²) in [6, 6.07) is 1.06. The van der Waals surface area contributed by atoms with Crippen molar-refractivity contribution in [3.05, 3.63) is 0 Å². The van der Waals surface area contributed by atoms with Crippen LogP contribution in [0.5, 0.6) is 0 Å². The van der Waals surface area contributed by atoms with Crippen LogP contribution in [0.4, 0.5) is 0 Å². The third-order valence-electron chi connectivity index (χ3n) is 3.21. The Morgan fingerprint density at radius 3 is 2.79 bits per heavy atom. The van der Waals surface area contributed by atoms with Gasteiger partial charge in [0.2, 0.25) is 0 Å². The molecule has 1 fully saturated rings. The zero-order chi connectivity index (χ0) is 10.4. The summed E-state index contributed by atoms with van der Waals surface area (Å²) in [4.78, 5) is 2.47. The molecular weight excluding hydrogens is 176 g/mol. The maximum absolute atomic E-state index is 8.81. The molecule has 0 amide bonds. The van der Waals surface area contributed by atoms with Crippen LogP contribution in [-0.2, 0) is 0 Å². The van der Waals surface area contributed by atoms with Gasteiger partial charge in [-0.3, -0.25) is 0 Å². The summed E-state index contributed by atoms with van der Waals surface area (Å²) in [5.74, 6) is 0. The predicted molar refractivity (Wildman–Crippen MR) is 59.2 cm³/mol. The normalized spacial score (nSPS) is 28.3. The fourth-order valence-corrected chi connectivity index (χ4v) is 2.41. The molecule has 3 N–H and O–H groups in total. The van der Waals surface area contributed by atoms with Gasteiger partial charge >= 0.3 is 0 Å². The maximum atomic E-state index is 8.81. The van der Waals surface area contributed by atoms with Gasteiger partial charge in [0.15, 0.2) is 0 Å². The SMILES string of the molecule is CCN(CCCO)C1CCCC(N)C1. The van der Waals surface area contributed by atoms with Crippen LogP contribution < -0.4 is 5.73 Å². The molecular formula is C11H24N2O. The Hall–Kier alpha value is -0.120. The van der Waals surface area contributed by atoms with E-state index in [9.17, 15) is 0 Å². The Morgan fingerprint density at radius 1 is 1.43 bits per heavy atom. The van der Waals surface area contributed by atoms with E-state index < -0.39 is 0 Å². The second kappa shape index (κ2) is 6.38. The number of nitrogens with zero attached hydrogens (tertiary/aromatic N) is 1. The first-order valence-corrected chi connectivity index (χ1v) is 5.88. The molecule has 1 saturated carbocycles. The van der Waals surface area contributed by atoms with E-state index in [-0.39, 0.29) is 0 Å². The van der Waals surface area contributed by atoms with Crippen molar-refractivity contribution in [2.24, 2.45) is 5.73 Å². The molecule has 0 bridgehead atoms. The van der Waals surface area contributed by atoms with E-state index in [0.29, 0.717) is 18.7 Å². The lowest BCUT2D eigenvalue weighted by Gasteiger charge is -2.35. The number of hydrogen-bond donors (Lipinski definition) is 2. The number of aliphatic hydroxyl groups excluding tert-OH is 1. The van der Waals surface area contributed by atoms with Gasteiger partial charge in [-0.1, -0.05) is 13.3 Å². The van der Waals surface area contributed by atoms with Gasteiger partial charge in [0.1, 0.15) is 0 Å². The average Bonchev–Trinajstić information content (AvgIpc) is 2.19. The van der Waals surface area contributed by atoms with Gasteiger partial charge in [0, 0.05) is 25.2 Å². The zero-order valence-electron chi connectivity index (χ0n) is 9.28. The largest absolute Gasteiger partial charge is 0.396 e. The van der Waals surface area contributed by atoms with Gasteiger partial charge in [0.05, 0.1) is 0 Å². The highest BCUT2D eigenvalue weighted by Gasteiger charge is 2.23. The summed E-state index contributed by atoms with van der Waals surface area (Å²) in [6.07, 6.45) is 5.77. The van der Waals surface area contributed by atoms with Crippen LogP contribution in [0.3, 0.4) is 0 Å². The molecule has 1 aliphatic rings. The lowest BCUT2D eigenvalue weighted by molar-refractivity contribution is 0.141. The van der Waals surface area contributed by atoms with Crippen molar-refractivity contribution >= 4 is 0 Å². The zero-order valence-corrected chi connectivity index (χ0v) is 9.28. The summed E-state index contributed by atoms with van der Waals surface area (Å²) in [7, 11) is 0. The van der Waals surface area contributed by atoms with Crippen molar-refractivity contribution in [3.63, 3.8) is 0 Å². The third kappa shape index (κ3) is 3.56. The Bertz CT molecular complexity index is 152. The minimum Gasteiger partial charge on any atom is -0.396 e. The van der Waals surface area contributed by atoms with Crippen LogP contribution in [0, 0.1) is 0 Å². The topological polar surface area (TPSA) is 49.5 Å². The van der Waals surface area contributed by atoms with E-state index in [1.54, 1.807) is 0 Å². The monoisotopic (exact) mass is 200 g/mol. The predicted octanol–water partition coefficient (Wildman–Crippen LogP) is 0.961. The first-order chi connectivity index (χ1) is 6.77. The fourth-order valence-electron chi connectivity index (χ4n) is 2.41. The molecule has 0 spiro atoms. The second-order valence-corrected chi connectivity index (χ2v) is 4.29. The first kappa shape index (κ1) is 12.0. The van der Waals surface area contributed by atoms with Gasteiger partial charge in [-0.15, -0.1) is 0 Å². The molecule has 0 aromatic rings. The van der Waals surface area contributed by atoms with Crippen LogP contribution in [0.1, 0.15) is 39.0 Å². The standard InChI is InChI=1S/C11H24N2O/c1-2-13(7-4-8-14)11-6-3-5-10(12)9-11/h10-11,14H,2-9,12H2,1H3. The molecule has 2 unspecified atom stereocenters. The van der Waals surface area contributed by atoms with Crippen LogP contribution in [0.25, 0.3) is 0 Å². The van der Waals surface area contributed by atoms with Crippen LogP contribution in [0.2, 0.25) is 0 Å². The molecule has 1 aliphatic carbocycles. The number of aliphatic hydroxyl groups is 1. The molecule has 84 valence electrons. The third-order valence-corrected chi connectivity index (χ3v) is 3.21. The quantitative estimate of drug-likeness (QED) is 0.695. The van der Waals surface area contributed by atoms with E-state index in [1.807, 2.05) is 0 Å². The Labute approximate surface area is 87.3 Å².